The van der Waals surface area contributed by atoms with Gasteiger partial charge in [0.25, 0.3) is 0 Å². The maximum atomic E-state index is 14.0. The van der Waals surface area contributed by atoms with E-state index in [1.165, 1.54) is 19.9 Å². The van der Waals surface area contributed by atoms with Crippen LogP contribution in [-0.2, 0) is 21.4 Å². The largest absolute Gasteiger partial charge is 0.507 e. The fourth-order valence-electron chi connectivity index (χ4n) is 5.27. The summed E-state index contributed by atoms with van der Waals surface area (Å²) in [5.74, 6) is -1.20. The molecular weight excluding hydrogens is 486 g/mol. The van der Waals surface area contributed by atoms with E-state index in [0.717, 1.165) is 23.3 Å². The molecule has 38 heavy (non-hydrogen) atoms. The van der Waals surface area contributed by atoms with Crippen LogP contribution in [-0.4, -0.2) is 37.5 Å². The van der Waals surface area contributed by atoms with Crippen molar-refractivity contribution in [1.82, 2.24) is 9.97 Å². The summed E-state index contributed by atoms with van der Waals surface area (Å²) in [6.07, 6.45) is 2.02. The number of rotatable bonds is 5. The lowest BCUT2D eigenvalue weighted by atomic mass is 9.70. The number of allylic oxidation sites excluding steroid dienone is 4. The molecule has 196 valence electrons. The minimum atomic E-state index is -1.56. The van der Waals surface area contributed by atoms with Gasteiger partial charge in [-0.15, -0.1) is 0 Å². The highest BCUT2D eigenvalue weighted by atomic mass is 16.5. The molecule has 2 aliphatic rings. The van der Waals surface area contributed by atoms with Crippen LogP contribution in [0.4, 0.5) is 5.69 Å². The molecule has 2 aromatic carbocycles. The van der Waals surface area contributed by atoms with Crippen LogP contribution in [0.15, 0.2) is 41.3 Å². The van der Waals surface area contributed by atoms with Crippen LogP contribution in [0.1, 0.15) is 61.9 Å². The van der Waals surface area contributed by atoms with Gasteiger partial charge in [-0.05, 0) is 51.8 Å². The molecule has 2 heterocycles. The first kappa shape index (κ1) is 25.3. The molecule has 0 fully saturated rings. The van der Waals surface area contributed by atoms with Gasteiger partial charge < -0.3 is 25.3 Å². The van der Waals surface area contributed by atoms with Crippen LogP contribution in [0.5, 0.6) is 17.2 Å². The zero-order valence-electron chi connectivity index (χ0n) is 22.1. The van der Waals surface area contributed by atoms with Gasteiger partial charge in [-0.2, -0.15) is 0 Å². The van der Waals surface area contributed by atoms with Crippen LogP contribution in [0.2, 0.25) is 0 Å². The molecule has 0 spiro atoms. The summed E-state index contributed by atoms with van der Waals surface area (Å²) >= 11 is 0. The average Bonchev–Trinajstić information content (AvgIpc) is 3.35. The number of carbonyl (C=O) groups excluding carboxylic acids is 3. The SMILES string of the molecule is CC(=O)c1c(O)c(C)c(O)c2c1OC1=CC(=O)C(=C(C)Nc3ccc4nc(CC(C)C)[nH]c4c3)C(=O)C12C. The Morgan fingerprint density at radius 2 is 1.89 bits per heavy atom. The summed E-state index contributed by atoms with van der Waals surface area (Å²) in [6.45, 7) is 10.1. The van der Waals surface area contributed by atoms with Gasteiger partial charge in [0.1, 0.15) is 39.8 Å². The summed E-state index contributed by atoms with van der Waals surface area (Å²) < 4.78 is 5.81. The highest BCUT2D eigenvalue weighted by Crippen LogP contribution is 2.57. The van der Waals surface area contributed by atoms with Crippen molar-refractivity contribution in [3.05, 3.63) is 63.8 Å². The minimum absolute atomic E-state index is 0.00147. The number of nitrogens with one attached hydrogen (secondary N) is 2. The van der Waals surface area contributed by atoms with Gasteiger partial charge in [-0.25, -0.2) is 4.98 Å². The quantitative estimate of drug-likeness (QED) is 0.217. The molecule has 1 atom stereocenters. The number of ether oxygens (including phenoxy) is 1. The Balaban J connectivity index is 1.58. The van der Waals surface area contributed by atoms with Crippen LogP contribution >= 0.6 is 0 Å². The van der Waals surface area contributed by atoms with E-state index in [4.69, 9.17) is 4.74 Å². The third kappa shape index (κ3) is 3.60. The molecule has 1 unspecified atom stereocenters. The van der Waals surface area contributed by atoms with E-state index in [-0.39, 0.29) is 39.5 Å². The smallest absolute Gasteiger partial charge is 0.194 e. The predicted octanol–water partition coefficient (Wildman–Crippen LogP) is 4.76. The molecule has 1 aliphatic carbocycles. The van der Waals surface area contributed by atoms with Gasteiger partial charge in [0, 0.05) is 29.4 Å². The van der Waals surface area contributed by atoms with Crippen molar-refractivity contribution in [2.75, 3.05) is 5.32 Å². The van der Waals surface area contributed by atoms with Crippen molar-refractivity contribution in [2.45, 2.75) is 53.4 Å². The summed E-state index contributed by atoms with van der Waals surface area (Å²) in [5.41, 5.74) is 0.947. The van der Waals surface area contributed by atoms with Crippen molar-refractivity contribution in [3.63, 3.8) is 0 Å². The summed E-state index contributed by atoms with van der Waals surface area (Å²) in [5, 5.41) is 24.6. The first-order chi connectivity index (χ1) is 17.8. The number of imidazole rings is 1. The number of Topliss-reactive ketones (excluding diaryl/α,β-unsaturated/α-hetero) is 2. The van der Waals surface area contributed by atoms with E-state index in [1.54, 1.807) is 13.8 Å². The molecule has 0 saturated carbocycles. The number of hydrogen-bond acceptors (Lipinski definition) is 8. The summed E-state index contributed by atoms with van der Waals surface area (Å²) in [4.78, 5) is 47.4. The summed E-state index contributed by atoms with van der Waals surface area (Å²) in [7, 11) is 0. The molecule has 9 heteroatoms. The number of aromatic nitrogens is 2. The molecule has 1 aliphatic heterocycles. The second kappa shape index (κ2) is 8.58. The third-order valence-corrected chi connectivity index (χ3v) is 7.22. The van der Waals surface area contributed by atoms with Gasteiger partial charge in [0.15, 0.2) is 17.3 Å². The molecule has 5 rings (SSSR count). The van der Waals surface area contributed by atoms with Gasteiger partial charge >= 0.3 is 0 Å². The monoisotopic (exact) mass is 515 g/mol. The van der Waals surface area contributed by atoms with Crippen LogP contribution in [0.25, 0.3) is 11.0 Å². The molecule has 0 amide bonds. The second-order valence-corrected chi connectivity index (χ2v) is 10.5. The van der Waals surface area contributed by atoms with Crippen molar-refractivity contribution in [2.24, 2.45) is 5.92 Å². The number of H-pyrrole nitrogens is 1. The first-order valence-electron chi connectivity index (χ1n) is 12.4. The Morgan fingerprint density at radius 1 is 1.18 bits per heavy atom. The van der Waals surface area contributed by atoms with Crippen molar-refractivity contribution in [3.8, 4) is 17.2 Å². The molecule has 0 saturated heterocycles. The van der Waals surface area contributed by atoms with Crippen molar-refractivity contribution >= 4 is 34.1 Å². The molecule has 0 radical (unpaired) electrons. The lowest BCUT2D eigenvalue weighted by Gasteiger charge is -2.29. The number of carbonyl (C=O) groups is 3. The first-order valence-corrected chi connectivity index (χ1v) is 12.4. The average molecular weight is 516 g/mol. The number of aromatic amines is 1. The number of phenols is 2. The van der Waals surface area contributed by atoms with Gasteiger partial charge in [-0.3, -0.25) is 14.4 Å². The lowest BCUT2D eigenvalue weighted by Crippen LogP contribution is -2.40. The number of aromatic hydroxyl groups is 2. The number of anilines is 1. The normalized spacial score (nSPS) is 19.8. The number of benzene rings is 2. The van der Waals surface area contributed by atoms with Gasteiger partial charge in [0.2, 0.25) is 0 Å². The fraction of sp³-hybridized carbons (Fsp3) is 0.310. The number of hydrogen-bond donors (Lipinski definition) is 4. The fourth-order valence-corrected chi connectivity index (χ4v) is 5.27. The highest BCUT2D eigenvalue weighted by molar-refractivity contribution is 6.31. The summed E-state index contributed by atoms with van der Waals surface area (Å²) in [6, 6.07) is 5.54. The predicted molar refractivity (Wildman–Crippen MR) is 142 cm³/mol. The van der Waals surface area contributed by atoms with Crippen molar-refractivity contribution in [1.29, 1.82) is 0 Å². The molecule has 1 aromatic heterocycles. The minimum Gasteiger partial charge on any atom is -0.507 e. The molecule has 3 aromatic rings. The number of nitrogens with zero attached hydrogens (tertiary/aromatic N) is 1. The highest BCUT2D eigenvalue weighted by Gasteiger charge is 2.56. The van der Waals surface area contributed by atoms with E-state index in [9.17, 15) is 24.6 Å². The van der Waals surface area contributed by atoms with E-state index in [0.29, 0.717) is 17.3 Å². The topological polar surface area (TPSA) is 142 Å². The van der Waals surface area contributed by atoms with E-state index in [1.807, 2.05) is 18.2 Å². The number of ketones is 3. The zero-order valence-corrected chi connectivity index (χ0v) is 22.1. The van der Waals surface area contributed by atoms with Crippen LogP contribution < -0.4 is 10.1 Å². The lowest BCUT2D eigenvalue weighted by molar-refractivity contribution is -0.123. The molecule has 0 bridgehead atoms. The van der Waals surface area contributed by atoms with Gasteiger partial charge in [0.05, 0.1) is 22.2 Å². The Hall–Kier alpha value is -4.40. The third-order valence-electron chi connectivity index (χ3n) is 7.22. The Kier molecular flexibility index (Phi) is 5.70. The second-order valence-electron chi connectivity index (χ2n) is 10.5. The maximum absolute atomic E-state index is 14.0. The van der Waals surface area contributed by atoms with E-state index >= 15 is 0 Å². The Bertz CT molecular complexity index is 1640. The molecule has 9 nitrogen and oxygen atoms in total. The number of phenolic OH excluding ortho intramolecular Hbond substituents is 2. The molecular formula is C29H29N3O6. The van der Waals surface area contributed by atoms with Gasteiger partial charge in [-0.1, -0.05) is 13.8 Å². The van der Waals surface area contributed by atoms with Crippen molar-refractivity contribution < 1.29 is 29.3 Å². The zero-order chi connectivity index (χ0) is 27.7. The maximum Gasteiger partial charge on any atom is 0.194 e. The Labute approximate surface area is 219 Å². The number of fused-ring (bicyclic) bond motifs is 4. The standard InChI is InChI=1S/C29H29N3O6/c1-12(2)9-21-31-17-8-7-16(10-18(17)32-21)30-14(4)22-19(34)11-20-29(6,28(22)37)24-26(36)13(3)25(35)23(15(5)33)27(24)38-20/h7-8,10-12,30,35-36H,9H2,1-6H3,(H,31,32). The molecule has 4 N–H and O–H groups in total. The Morgan fingerprint density at radius 3 is 2.55 bits per heavy atom. The van der Waals surface area contributed by atoms with Crippen LogP contribution in [0, 0.1) is 12.8 Å². The van der Waals surface area contributed by atoms with E-state index < -0.39 is 28.5 Å². The van der Waals surface area contributed by atoms with Crippen LogP contribution in [0.3, 0.4) is 0 Å². The van der Waals surface area contributed by atoms with E-state index in [2.05, 4.69) is 29.1 Å².